The molecule has 0 spiro atoms. The minimum Gasteiger partial charge on any atom is -0.314 e. The van der Waals surface area contributed by atoms with Crippen LogP contribution in [0.15, 0.2) is 0 Å². The summed E-state index contributed by atoms with van der Waals surface area (Å²) in [7, 11) is 2.35. The third-order valence-corrected chi connectivity index (χ3v) is 5.71. The Labute approximate surface area is 120 Å². The fourth-order valence-corrected chi connectivity index (χ4v) is 4.15. The van der Waals surface area contributed by atoms with E-state index in [1.165, 1.54) is 51.5 Å². The molecule has 0 radical (unpaired) electrons. The maximum Gasteiger partial charge on any atom is 0.00990 e. The van der Waals surface area contributed by atoms with Crippen molar-refractivity contribution < 1.29 is 0 Å². The second-order valence-corrected chi connectivity index (χ2v) is 7.09. The van der Waals surface area contributed by atoms with Gasteiger partial charge in [-0.2, -0.15) is 0 Å². The summed E-state index contributed by atoms with van der Waals surface area (Å²) >= 11 is 0. The topological polar surface area (TPSA) is 15.3 Å². The van der Waals surface area contributed by atoms with Gasteiger partial charge in [-0.25, -0.2) is 0 Å². The molecule has 0 amide bonds. The third kappa shape index (κ3) is 3.72. The molecule has 0 aromatic heterocycles. The first-order chi connectivity index (χ1) is 9.15. The van der Waals surface area contributed by atoms with E-state index in [4.69, 9.17) is 0 Å². The molecule has 2 aliphatic rings. The Morgan fingerprint density at radius 1 is 1.16 bits per heavy atom. The lowest BCUT2D eigenvalue weighted by atomic mass is 9.81. The molecule has 4 atom stereocenters. The maximum absolute atomic E-state index is 3.87. The monoisotopic (exact) mass is 266 g/mol. The summed E-state index contributed by atoms with van der Waals surface area (Å²) < 4.78 is 0. The molecule has 2 rings (SSSR count). The molecule has 2 aliphatic heterocycles. The lowest BCUT2D eigenvalue weighted by Gasteiger charge is -2.41. The van der Waals surface area contributed by atoms with Crippen molar-refractivity contribution in [1.29, 1.82) is 0 Å². The van der Waals surface area contributed by atoms with Crippen LogP contribution in [-0.4, -0.2) is 36.6 Å². The van der Waals surface area contributed by atoms with Gasteiger partial charge in [-0.05, 0) is 64.0 Å². The van der Waals surface area contributed by atoms with Crippen molar-refractivity contribution in [1.82, 2.24) is 10.2 Å². The van der Waals surface area contributed by atoms with Crippen LogP contribution in [-0.2, 0) is 0 Å². The van der Waals surface area contributed by atoms with Crippen molar-refractivity contribution in [2.45, 2.75) is 83.8 Å². The summed E-state index contributed by atoms with van der Waals surface area (Å²) in [5.74, 6) is 1.79. The minimum absolute atomic E-state index is 0.770. The van der Waals surface area contributed by atoms with Gasteiger partial charge in [0.25, 0.3) is 0 Å². The van der Waals surface area contributed by atoms with Crippen LogP contribution in [0.4, 0.5) is 0 Å². The van der Waals surface area contributed by atoms with Gasteiger partial charge in [0.2, 0.25) is 0 Å². The zero-order chi connectivity index (χ0) is 13.8. The van der Waals surface area contributed by atoms with Crippen molar-refractivity contribution in [3.8, 4) is 0 Å². The van der Waals surface area contributed by atoms with Crippen molar-refractivity contribution in [2.75, 3.05) is 13.6 Å². The van der Waals surface area contributed by atoms with Gasteiger partial charge in [0.15, 0.2) is 0 Å². The molecule has 0 saturated carbocycles. The average Bonchev–Trinajstić information content (AvgIpc) is 2.65. The van der Waals surface area contributed by atoms with Gasteiger partial charge in [0, 0.05) is 18.1 Å². The Morgan fingerprint density at radius 3 is 2.32 bits per heavy atom. The van der Waals surface area contributed by atoms with Crippen LogP contribution >= 0.6 is 0 Å². The van der Waals surface area contributed by atoms with Gasteiger partial charge in [-0.1, -0.05) is 27.2 Å². The van der Waals surface area contributed by atoms with E-state index in [0.717, 1.165) is 30.0 Å². The SMILES string of the molecule is CCCNC(CC(C)CC)C1CC2CCC(C1)N2C. The van der Waals surface area contributed by atoms with E-state index in [2.05, 4.69) is 38.0 Å². The first kappa shape index (κ1) is 15.3. The quantitative estimate of drug-likeness (QED) is 0.756. The van der Waals surface area contributed by atoms with Gasteiger partial charge in [-0.15, -0.1) is 0 Å². The van der Waals surface area contributed by atoms with Crippen molar-refractivity contribution in [3.63, 3.8) is 0 Å². The highest BCUT2D eigenvalue weighted by molar-refractivity contribution is 4.96. The fourth-order valence-electron chi connectivity index (χ4n) is 4.15. The largest absolute Gasteiger partial charge is 0.314 e. The lowest BCUT2D eigenvalue weighted by Crippen LogP contribution is -2.47. The van der Waals surface area contributed by atoms with E-state index in [-0.39, 0.29) is 0 Å². The molecule has 2 fully saturated rings. The second kappa shape index (κ2) is 7.08. The Bertz CT molecular complexity index is 252. The smallest absolute Gasteiger partial charge is 0.00990 e. The number of nitrogens with one attached hydrogen (secondary N) is 1. The molecule has 19 heavy (non-hydrogen) atoms. The fraction of sp³-hybridized carbons (Fsp3) is 1.00. The Hall–Kier alpha value is -0.0800. The maximum atomic E-state index is 3.87. The van der Waals surface area contributed by atoms with E-state index in [0.29, 0.717) is 0 Å². The van der Waals surface area contributed by atoms with Crippen LogP contribution in [0, 0.1) is 11.8 Å². The average molecular weight is 266 g/mol. The molecule has 2 heterocycles. The van der Waals surface area contributed by atoms with E-state index >= 15 is 0 Å². The first-order valence-corrected chi connectivity index (χ1v) is 8.60. The molecule has 4 unspecified atom stereocenters. The molecule has 2 nitrogen and oxygen atoms in total. The summed E-state index contributed by atoms with van der Waals surface area (Å²) in [6.07, 6.45) is 9.73. The van der Waals surface area contributed by atoms with Crippen molar-refractivity contribution >= 4 is 0 Å². The number of nitrogens with zero attached hydrogens (tertiary/aromatic N) is 1. The molecule has 0 aromatic carbocycles. The van der Waals surface area contributed by atoms with Crippen LogP contribution in [0.1, 0.15) is 65.7 Å². The van der Waals surface area contributed by atoms with E-state index in [1.54, 1.807) is 0 Å². The summed E-state index contributed by atoms with van der Waals surface area (Å²) in [4.78, 5) is 2.66. The number of hydrogen-bond acceptors (Lipinski definition) is 2. The van der Waals surface area contributed by atoms with Crippen LogP contribution < -0.4 is 5.32 Å². The van der Waals surface area contributed by atoms with E-state index in [9.17, 15) is 0 Å². The van der Waals surface area contributed by atoms with Gasteiger partial charge in [0.05, 0.1) is 0 Å². The lowest BCUT2D eigenvalue weighted by molar-refractivity contribution is 0.105. The summed E-state index contributed by atoms with van der Waals surface area (Å²) in [5, 5.41) is 3.87. The van der Waals surface area contributed by atoms with Crippen LogP contribution in [0.5, 0.6) is 0 Å². The zero-order valence-electron chi connectivity index (χ0n) is 13.5. The summed E-state index contributed by atoms with van der Waals surface area (Å²) in [6, 6.07) is 2.53. The van der Waals surface area contributed by atoms with Crippen LogP contribution in [0.25, 0.3) is 0 Å². The van der Waals surface area contributed by atoms with Gasteiger partial charge >= 0.3 is 0 Å². The number of fused-ring (bicyclic) bond motifs is 2. The summed E-state index contributed by atoms with van der Waals surface area (Å²) in [6.45, 7) is 8.23. The Kier molecular flexibility index (Phi) is 5.70. The normalized spacial score (nSPS) is 34.4. The van der Waals surface area contributed by atoms with Crippen LogP contribution in [0.2, 0.25) is 0 Å². The first-order valence-electron chi connectivity index (χ1n) is 8.60. The minimum atomic E-state index is 0.770. The molecular weight excluding hydrogens is 232 g/mol. The van der Waals surface area contributed by atoms with Crippen LogP contribution in [0.3, 0.4) is 0 Å². The molecule has 0 aliphatic carbocycles. The Balaban J connectivity index is 1.94. The number of piperidine rings is 1. The summed E-state index contributed by atoms with van der Waals surface area (Å²) in [5.41, 5.74) is 0. The number of hydrogen-bond donors (Lipinski definition) is 1. The van der Waals surface area contributed by atoms with Crippen molar-refractivity contribution in [3.05, 3.63) is 0 Å². The molecular formula is C17H34N2. The predicted octanol–water partition coefficient (Wildman–Crippen LogP) is 3.66. The predicted molar refractivity (Wildman–Crippen MR) is 83.5 cm³/mol. The third-order valence-electron chi connectivity index (χ3n) is 5.71. The molecule has 2 saturated heterocycles. The second-order valence-electron chi connectivity index (χ2n) is 7.09. The Morgan fingerprint density at radius 2 is 1.79 bits per heavy atom. The van der Waals surface area contributed by atoms with Gasteiger partial charge < -0.3 is 10.2 Å². The highest BCUT2D eigenvalue weighted by Crippen LogP contribution is 2.39. The van der Waals surface area contributed by atoms with Gasteiger partial charge in [-0.3, -0.25) is 0 Å². The molecule has 1 N–H and O–H groups in total. The zero-order valence-corrected chi connectivity index (χ0v) is 13.5. The molecule has 2 bridgehead atoms. The molecule has 2 heteroatoms. The highest BCUT2D eigenvalue weighted by Gasteiger charge is 2.40. The van der Waals surface area contributed by atoms with Gasteiger partial charge in [0.1, 0.15) is 0 Å². The number of rotatable bonds is 7. The standard InChI is InChI=1S/C17H34N2/c1-5-9-18-17(10-13(3)6-2)14-11-15-7-8-16(12-14)19(15)4/h13-18H,5-12H2,1-4H3. The van der Waals surface area contributed by atoms with E-state index < -0.39 is 0 Å². The highest BCUT2D eigenvalue weighted by atomic mass is 15.2. The molecule has 0 aromatic rings. The molecule has 112 valence electrons. The van der Waals surface area contributed by atoms with E-state index in [1.807, 2.05) is 0 Å². The van der Waals surface area contributed by atoms with Crippen molar-refractivity contribution in [2.24, 2.45) is 11.8 Å².